The Balaban J connectivity index is 2.31. The summed E-state index contributed by atoms with van der Waals surface area (Å²) in [5.74, 6) is 0. The molecule has 1 unspecified atom stereocenters. The van der Waals surface area contributed by atoms with Gasteiger partial charge >= 0.3 is 0 Å². The highest BCUT2D eigenvalue weighted by atomic mass is 79.9. The lowest BCUT2D eigenvalue weighted by Gasteiger charge is -2.33. The molecule has 14 heavy (non-hydrogen) atoms. The summed E-state index contributed by atoms with van der Waals surface area (Å²) in [4.78, 5) is 2.33. The second-order valence-electron chi connectivity index (χ2n) is 3.92. The minimum atomic E-state index is 0.497. The number of fused-ring (bicyclic) bond motifs is 1. The summed E-state index contributed by atoms with van der Waals surface area (Å²) in [6, 6.07) is 7.01. The van der Waals surface area contributed by atoms with Crippen molar-refractivity contribution in [2.75, 3.05) is 13.6 Å². The molecule has 1 heterocycles. The van der Waals surface area contributed by atoms with Gasteiger partial charge in [0.2, 0.25) is 0 Å². The Bertz CT molecular complexity index is 338. The molecule has 1 aromatic carbocycles. The van der Waals surface area contributed by atoms with Crippen LogP contribution in [0, 0.1) is 0 Å². The summed E-state index contributed by atoms with van der Waals surface area (Å²) in [7, 11) is 2.14. The smallest absolute Gasteiger partial charge is 0.0259 e. The van der Waals surface area contributed by atoms with Crippen LogP contribution >= 0.6 is 15.9 Å². The Morgan fingerprint density at radius 3 is 3.00 bits per heavy atom. The van der Waals surface area contributed by atoms with Crippen LogP contribution in [0.3, 0.4) is 0 Å². The van der Waals surface area contributed by atoms with Crippen LogP contribution in [0.25, 0.3) is 0 Å². The zero-order valence-corrected chi connectivity index (χ0v) is 9.92. The van der Waals surface area contributed by atoms with Crippen LogP contribution in [-0.4, -0.2) is 24.5 Å². The first-order chi connectivity index (χ1) is 6.70. The Morgan fingerprint density at radius 1 is 1.50 bits per heavy atom. The molecule has 3 heteroatoms. The van der Waals surface area contributed by atoms with Crippen LogP contribution in [0.2, 0.25) is 0 Å². The van der Waals surface area contributed by atoms with E-state index in [0.29, 0.717) is 6.04 Å². The quantitative estimate of drug-likeness (QED) is 0.828. The fourth-order valence-corrected chi connectivity index (χ4v) is 2.42. The van der Waals surface area contributed by atoms with Crippen molar-refractivity contribution in [1.82, 2.24) is 4.90 Å². The van der Waals surface area contributed by atoms with Crippen LogP contribution in [-0.2, 0) is 13.0 Å². The molecule has 1 aliphatic rings. The predicted molar refractivity (Wildman–Crippen MR) is 62.2 cm³/mol. The van der Waals surface area contributed by atoms with E-state index in [2.05, 4.69) is 46.1 Å². The third-order valence-corrected chi connectivity index (χ3v) is 3.43. The van der Waals surface area contributed by atoms with Crippen molar-refractivity contribution in [1.29, 1.82) is 0 Å². The van der Waals surface area contributed by atoms with Gasteiger partial charge in [-0.25, -0.2) is 0 Å². The molecule has 1 aromatic rings. The zero-order chi connectivity index (χ0) is 10.1. The first-order valence-corrected chi connectivity index (χ1v) is 5.67. The number of hydrogen-bond acceptors (Lipinski definition) is 2. The van der Waals surface area contributed by atoms with Crippen LogP contribution in [0.15, 0.2) is 22.7 Å². The number of halogens is 1. The maximum Gasteiger partial charge on any atom is 0.0259 e. The van der Waals surface area contributed by atoms with Gasteiger partial charge in [0.05, 0.1) is 0 Å². The number of rotatable bonds is 1. The van der Waals surface area contributed by atoms with Gasteiger partial charge in [-0.05, 0) is 36.7 Å². The number of benzene rings is 1. The molecule has 0 amide bonds. The minimum absolute atomic E-state index is 0.497. The van der Waals surface area contributed by atoms with Crippen LogP contribution in [0.5, 0.6) is 0 Å². The first-order valence-electron chi connectivity index (χ1n) is 4.88. The standard InChI is InChI=1S/C11H15BrN2/c1-14-7-8-2-3-10(12)4-9(8)5-11(14)6-13/h2-4,11H,5-7,13H2,1H3. The molecule has 0 saturated heterocycles. The molecule has 0 bridgehead atoms. The maximum atomic E-state index is 5.74. The molecular weight excluding hydrogens is 240 g/mol. The second kappa shape index (κ2) is 4.01. The minimum Gasteiger partial charge on any atom is -0.329 e. The SMILES string of the molecule is CN1Cc2ccc(Br)cc2CC1CN. The van der Waals surface area contributed by atoms with Crippen LogP contribution < -0.4 is 5.73 Å². The lowest BCUT2D eigenvalue weighted by Crippen LogP contribution is -2.42. The molecule has 0 radical (unpaired) electrons. The molecule has 0 fully saturated rings. The van der Waals surface area contributed by atoms with E-state index in [4.69, 9.17) is 5.73 Å². The zero-order valence-electron chi connectivity index (χ0n) is 8.33. The van der Waals surface area contributed by atoms with Gasteiger partial charge in [-0.3, -0.25) is 4.90 Å². The number of nitrogens with zero attached hydrogens (tertiary/aromatic N) is 1. The molecule has 0 aliphatic carbocycles. The summed E-state index contributed by atoms with van der Waals surface area (Å²) in [5.41, 5.74) is 8.60. The second-order valence-corrected chi connectivity index (χ2v) is 4.84. The van der Waals surface area contributed by atoms with E-state index in [-0.39, 0.29) is 0 Å². The Hall–Kier alpha value is -0.380. The van der Waals surface area contributed by atoms with E-state index in [1.807, 2.05) is 0 Å². The van der Waals surface area contributed by atoms with Gasteiger partial charge in [-0.15, -0.1) is 0 Å². The van der Waals surface area contributed by atoms with Crippen molar-refractivity contribution in [2.24, 2.45) is 5.73 Å². The molecule has 2 rings (SSSR count). The molecule has 0 saturated carbocycles. The molecule has 1 aliphatic heterocycles. The average molecular weight is 255 g/mol. The predicted octanol–water partition coefficient (Wildman–Crippen LogP) is 1.76. The van der Waals surface area contributed by atoms with Gasteiger partial charge in [-0.2, -0.15) is 0 Å². The molecule has 2 nitrogen and oxygen atoms in total. The van der Waals surface area contributed by atoms with E-state index in [1.165, 1.54) is 11.1 Å². The van der Waals surface area contributed by atoms with Gasteiger partial charge in [0, 0.05) is 23.6 Å². The van der Waals surface area contributed by atoms with Gasteiger partial charge in [0.1, 0.15) is 0 Å². The van der Waals surface area contributed by atoms with E-state index in [0.717, 1.165) is 24.0 Å². The van der Waals surface area contributed by atoms with Crippen molar-refractivity contribution in [2.45, 2.75) is 19.0 Å². The summed E-state index contributed by atoms with van der Waals surface area (Å²) < 4.78 is 1.16. The normalized spacial score (nSPS) is 22.1. The van der Waals surface area contributed by atoms with Crippen molar-refractivity contribution < 1.29 is 0 Å². The number of likely N-dealkylation sites (N-methyl/N-ethyl adjacent to an activating group) is 1. The fourth-order valence-electron chi connectivity index (χ4n) is 2.01. The summed E-state index contributed by atoms with van der Waals surface area (Å²) in [6.07, 6.45) is 1.07. The van der Waals surface area contributed by atoms with Crippen molar-refractivity contribution >= 4 is 15.9 Å². The van der Waals surface area contributed by atoms with Gasteiger partial charge < -0.3 is 5.73 Å². The first kappa shape index (κ1) is 10.1. The highest BCUT2D eigenvalue weighted by Crippen LogP contribution is 2.24. The molecule has 0 aromatic heterocycles. The number of nitrogens with two attached hydrogens (primary N) is 1. The van der Waals surface area contributed by atoms with Crippen LogP contribution in [0.1, 0.15) is 11.1 Å². The third kappa shape index (κ3) is 1.85. The maximum absolute atomic E-state index is 5.74. The van der Waals surface area contributed by atoms with Gasteiger partial charge in [-0.1, -0.05) is 22.0 Å². The van der Waals surface area contributed by atoms with E-state index in [1.54, 1.807) is 0 Å². The van der Waals surface area contributed by atoms with Crippen molar-refractivity contribution in [3.05, 3.63) is 33.8 Å². The monoisotopic (exact) mass is 254 g/mol. The summed E-state index contributed by atoms with van der Waals surface area (Å²) >= 11 is 3.50. The average Bonchev–Trinajstić information content (AvgIpc) is 2.17. The fraction of sp³-hybridized carbons (Fsp3) is 0.455. The van der Waals surface area contributed by atoms with Gasteiger partial charge in [0.15, 0.2) is 0 Å². The highest BCUT2D eigenvalue weighted by molar-refractivity contribution is 9.10. The Morgan fingerprint density at radius 2 is 2.29 bits per heavy atom. The molecule has 76 valence electrons. The molecule has 0 spiro atoms. The van der Waals surface area contributed by atoms with E-state index in [9.17, 15) is 0 Å². The third-order valence-electron chi connectivity index (χ3n) is 2.94. The van der Waals surface area contributed by atoms with E-state index >= 15 is 0 Å². The summed E-state index contributed by atoms with van der Waals surface area (Å²) in [6.45, 7) is 1.76. The topological polar surface area (TPSA) is 29.3 Å². The lowest BCUT2D eigenvalue weighted by molar-refractivity contribution is 0.220. The Kier molecular flexibility index (Phi) is 2.91. The van der Waals surface area contributed by atoms with Crippen molar-refractivity contribution in [3.63, 3.8) is 0 Å². The molecule has 1 atom stereocenters. The Labute approximate surface area is 93.2 Å². The lowest BCUT2D eigenvalue weighted by atomic mass is 9.94. The van der Waals surface area contributed by atoms with Crippen molar-refractivity contribution in [3.8, 4) is 0 Å². The van der Waals surface area contributed by atoms with Gasteiger partial charge in [0.25, 0.3) is 0 Å². The summed E-state index contributed by atoms with van der Waals surface area (Å²) in [5, 5.41) is 0. The largest absolute Gasteiger partial charge is 0.329 e. The molecule has 2 N–H and O–H groups in total. The molecular formula is C11H15BrN2. The highest BCUT2D eigenvalue weighted by Gasteiger charge is 2.21. The number of hydrogen-bond donors (Lipinski definition) is 1. The van der Waals surface area contributed by atoms with E-state index < -0.39 is 0 Å². The van der Waals surface area contributed by atoms with Crippen LogP contribution in [0.4, 0.5) is 0 Å².